The highest BCUT2D eigenvalue weighted by molar-refractivity contribution is 6.06. The minimum absolute atomic E-state index is 0.00215. The number of rotatable bonds is 3. The van der Waals surface area contributed by atoms with Crippen LogP contribution in [0.2, 0.25) is 0 Å². The summed E-state index contributed by atoms with van der Waals surface area (Å²) in [5.74, 6) is -1.42. The lowest BCUT2D eigenvalue weighted by Crippen LogP contribution is -2.28. The van der Waals surface area contributed by atoms with Crippen LogP contribution in [0.25, 0.3) is 5.78 Å². The molecule has 1 aliphatic heterocycles. The molecule has 0 saturated carbocycles. The molecule has 1 unspecified atom stereocenters. The lowest BCUT2D eigenvalue weighted by Gasteiger charge is -2.06. The van der Waals surface area contributed by atoms with Crippen LogP contribution in [0.3, 0.4) is 0 Å². The molecule has 3 heterocycles. The summed E-state index contributed by atoms with van der Waals surface area (Å²) in [5.41, 5.74) is 0.118. The first-order valence-corrected chi connectivity index (χ1v) is 7.26. The van der Waals surface area contributed by atoms with E-state index in [0.29, 0.717) is 5.78 Å². The van der Waals surface area contributed by atoms with Crippen LogP contribution in [0, 0.1) is 11.6 Å². The highest BCUT2D eigenvalue weighted by Gasteiger charge is 2.31. The number of amides is 1. The van der Waals surface area contributed by atoms with Gasteiger partial charge in [0.25, 0.3) is 17.6 Å². The largest absolute Gasteiger partial charge is 0.382 e. The maximum Gasteiger partial charge on any atom is 0.271 e. The number of hydrogen-bond acceptors (Lipinski definition) is 6. The molecule has 126 valence electrons. The molecule has 0 fully saturated rings. The number of nitrogens with one attached hydrogen (secondary N) is 1. The molecule has 0 bridgehead atoms. The Balaban J connectivity index is 1.47. The van der Waals surface area contributed by atoms with Crippen molar-refractivity contribution in [3.63, 3.8) is 0 Å². The lowest BCUT2D eigenvalue weighted by atomic mass is 10.0. The summed E-state index contributed by atoms with van der Waals surface area (Å²) >= 11 is 0. The van der Waals surface area contributed by atoms with Gasteiger partial charge in [-0.15, -0.1) is 5.10 Å². The van der Waals surface area contributed by atoms with Crippen LogP contribution in [0.1, 0.15) is 12.0 Å². The summed E-state index contributed by atoms with van der Waals surface area (Å²) in [6.45, 7) is 0. The zero-order chi connectivity index (χ0) is 17.4. The SMILES string of the molecule is O=C(Nc1nc2ncccn2n1)C1CC(c2cc(F)ccc2F)=NO1. The Bertz CT molecular complexity index is 970. The summed E-state index contributed by atoms with van der Waals surface area (Å²) in [7, 11) is 0. The average molecular weight is 344 g/mol. The summed E-state index contributed by atoms with van der Waals surface area (Å²) < 4.78 is 28.5. The minimum atomic E-state index is -0.989. The van der Waals surface area contributed by atoms with Gasteiger partial charge >= 0.3 is 0 Å². The molecule has 10 heteroatoms. The number of nitrogens with zero attached hydrogens (tertiary/aromatic N) is 5. The van der Waals surface area contributed by atoms with Gasteiger partial charge in [0.05, 0.1) is 5.71 Å². The Morgan fingerprint density at radius 3 is 3.08 bits per heavy atom. The summed E-state index contributed by atoms with van der Waals surface area (Å²) in [6.07, 6.45) is 2.18. The van der Waals surface area contributed by atoms with Gasteiger partial charge in [-0.05, 0) is 24.3 Å². The molecule has 0 saturated heterocycles. The molecule has 0 radical (unpaired) electrons. The normalized spacial score (nSPS) is 16.6. The minimum Gasteiger partial charge on any atom is -0.382 e. The van der Waals surface area contributed by atoms with E-state index in [4.69, 9.17) is 4.84 Å². The quantitative estimate of drug-likeness (QED) is 0.778. The molecule has 0 aliphatic carbocycles. The monoisotopic (exact) mass is 344 g/mol. The standard InChI is InChI=1S/C15H10F2N6O2/c16-8-2-3-10(17)9(6-8)11-7-12(25-22-11)13(24)19-14-20-15-18-4-1-5-23(15)21-14/h1-6,12H,7H2,(H,19,21,24). The van der Waals surface area contributed by atoms with Crippen LogP contribution < -0.4 is 5.32 Å². The van der Waals surface area contributed by atoms with Crippen molar-refractivity contribution >= 4 is 23.3 Å². The van der Waals surface area contributed by atoms with Crippen LogP contribution in [-0.2, 0) is 9.63 Å². The Kier molecular flexibility index (Phi) is 3.56. The number of hydrogen-bond donors (Lipinski definition) is 1. The molecule has 3 aromatic rings. The Morgan fingerprint density at radius 1 is 1.36 bits per heavy atom. The number of aromatic nitrogens is 4. The van der Waals surface area contributed by atoms with E-state index in [1.165, 1.54) is 4.52 Å². The second kappa shape index (κ2) is 5.89. The maximum absolute atomic E-state index is 13.8. The third-order valence-corrected chi connectivity index (χ3v) is 3.55. The van der Waals surface area contributed by atoms with Gasteiger partial charge in [0.2, 0.25) is 6.10 Å². The number of carbonyl (C=O) groups is 1. The Morgan fingerprint density at radius 2 is 2.24 bits per heavy atom. The highest BCUT2D eigenvalue weighted by atomic mass is 19.1. The Labute approximate surface area is 139 Å². The number of oxime groups is 1. The van der Waals surface area contributed by atoms with Crippen molar-refractivity contribution < 1.29 is 18.4 Å². The van der Waals surface area contributed by atoms with Crippen LogP contribution >= 0.6 is 0 Å². The Hall–Kier alpha value is -3.43. The average Bonchev–Trinajstić information content (AvgIpc) is 3.23. The predicted octanol–water partition coefficient (Wildman–Crippen LogP) is 1.53. The molecule has 1 amide bonds. The molecular weight excluding hydrogens is 334 g/mol. The first kappa shape index (κ1) is 15.1. The van der Waals surface area contributed by atoms with Gasteiger partial charge in [-0.1, -0.05) is 5.16 Å². The van der Waals surface area contributed by atoms with Gasteiger partial charge < -0.3 is 4.84 Å². The predicted molar refractivity (Wildman–Crippen MR) is 81.8 cm³/mol. The molecule has 0 spiro atoms. The van der Waals surface area contributed by atoms with Crippen molar-refractivity contribution in [2.45, 2.75) is 12.5 Å². The topological polar surface area (TPSA) is 93.8 Å². The van der Waals surface area contributed by atoms with Crippen molar-refractivity contribution in [1.82, 2.24) is 19.6 Å². The lowest BCUT2D eigenvalue weighted by molar-refractivity contribution is -0.125. The van der Waals surface area contributed by atoms with Gasteiger partial charge in [-0.25, -0.2) is 18.3 Å². The molecule has 25 heavy (non-hydrogen) atoms. The van der Waals surface area contributed by atoms with Gasteiger partial charge in [-0.3, -0.25) is 10.1 Å². The number of benzene rings is 1. The fourth-order valence-electron chi connectivity index (χ4n) is 2.37. The van der Waals surface area contributed by atoms with E-state index in [1.54, 1.807) is 18.5 Å². The molecule has 8 nitrogen and oxygen atoms in total. The van der Waals surface area contributed by atoms with Crippen molar-refractivity contribution in [3.8, 4) is 0 Å². The number of carbonyl (C=O) groups excluding carboxylic acids is 1. The van der Waals surface area contributed by atoms with E-state index in [1.807, 2.05) is 0 Å². The second-order valence-corrected chi connectivity index (χ2v) is 5.25. The van der Waals surface area contributed by atoms with Gasteiger partial charge in [0.15, 0.2) is 0 Å². The number of anilines is 1. The van der Waals surface area contributed by atoms with Crippen molar-refractivity contribution in [2.75, 3.05) is 5.32 Å². The zero-order valence-corrected chi connectivity index (χ0v) is 12.6. The molecule has 1 aliphatic rings. The van der Waals surface area contributed by atoms with Gasteiger partial charge in [0, 0.05) is 24.4 Å². The van der Waals surface area contributed by atoms with E-state index in [0.717, 1.165) is 18.2 Å². The molecular formula is C15H10F2N6O2. The fourth-order valence-corrected chi connectivity index (χ4v) is 2.37. The van der Waals surface area contributed by atoms with E-state index >= 15 is 0 Å². The van der Waals surface area contributed by atoms with Crippen molar-refractivity contribution in [3.05, 3.63) is 53.9 Å². The maximum atomic E-state index is 13.8. The summed E-state index contributed by atoms with van der Waals surface area (Å²) in [5, 5.41) is 10.2. The molecule has 1 atom stereocenters. The van der Waals surface area contributed by atoms with E-state index in [-0.39, 0.29) is 23.6 Å². The second-order valence-electron chi connectivity index (χ2n) is 5.25. The first-order chi connectivity index (χ1) is 12.1. The summed E-state index contributed by atoms with van der Waals surface area (Å²) in [4.78, 5) is 25.3. The number of halogens is 2. The molecule has 1 aromatic carbocycles. The van der Waals surface area contributed by atoms with Crippen LogP contribution in [-0.4, -0.2) is 37.3 Å². The van der Waals surface area contributed by atoms with E-state index in [2.05, 4.69) is 25.5 Å². The molecule has 1 N–H and O–H groups in total. The zero-order valence-electron chi connectivity index (χ0n) is 12.6. The van der Waals surface area contributed by atoms with Gasteiger partial charge in [-0.2, -0.15) is 4.98 Å². The summed E-state index contributed by atoms with van der Waals surface area (Å²) in [6, 6.07) is 4.67. The van der Waals surface area contributed by atoms with Crippen molar-refractivity contribution in [1.29, 1.82) is 0 Å². The van der Waals surface area contributed by atoms with E-state index < -0.39 is 23.6 Å². The van der Waals surface area contributed by atoms with Crippen LogP contribution in [0.15, 0.2) is 41.8 Å². The van der Waals surface area contributed by atoms with Gasteiger partial charge in [0.1, 0.15) is 11.6 Å². The fraction of sp³-hybridized carbons (Fsp3) is 0.133. The third-order valence-electron chi connectivity index (χ3n) is 3.55. The molecule has 4 rings (SSSR count). The van der Waals surface area contributed by atoms with Crippen LogP contribution in [0.5, 0.6) is 0 Å². The first-order valence-electron chi connectivity index (χ1n) is 7.26. The van der Waals surface area contributed by atoms with Crippen molar-refractivity contribution in [2.24, 2.45) is 5.16 Å². The third kappa shape index (κ3) is 2.89. The smallest absolute Gasteiger partial charge is 0.271 e. The number of fused-ring (bicyclic) bond motifs is 1. The molecule has 2 aromatic heterocycles. The van der Waals surface area contributed by atoms with Crippen LogP contribution in [0.4, 0.5) is 14.7 Å². The van der Waals surface area contributed by atoms with E-state index in [9.17, 15) is 13.6 Å². The highest BCUT2D eigenvalue weighted by Crippen LogP contribution is 2.20.